The largest absolute Gasteiger partial charge is 0.368 e. The number of nitrogens with two attached hydrogens (primary N) is 2. The van der Waals surface area contributed by atoms with E-state index < -0.39 is 23.7 Å². The zero-order chi connectivity index (χ0) is 21.1. The summed E-state index contributed by atoms with van der Waals surface area (Å²) in [5, 5.41) is 3.83. The van der Waals surface area contributed by atoms with E-state index in [1.807, 2.05) is 24.3 Å². The lowest BCUT2D eigenvalue weighted by molar-refractivity contribution is -0.119. The Bertz CT molecular complexity index is 1080. The van der Waals surface area contributed by atoms with Gasteiger partial charge < -0.3 is 21.7 Å². The Morgan fingerprint density at radius 3 is 2.62 bits per heavy atom. The van der Waals surface area contributed by atoms with Gasteiger partial charge in [-0.3, -0.25) is 14.6 Å². The monoisotopic (exact) mass is 396 g/mol. The number of hydrogen-bond donors (Lipinski definition) is 3. The molecule has 0 saturated heterocycles. The number of pyridine rings is 2. The van der Waals surface area contributed by atoms with Crippen LogP contribution in [0.15, 0.2) is 42.6 Å². The predicted molar refractivity (Wildman–Crippen MR) is 109 cm³/mol. The molecule has 1 unspecified atom stereocenters. The molecule has 3 rings (SSSR count). The highest BCUT2D eigenvalue weighted by Crippen LogP contribution is 2.29. The second-order valence-corrected chi connectivity index (χ2v) is 6.49. The van der Waals surface area contributed by atoms with E-state index in [9.17, 15) is 14.0 Å². The van der Waals surface area contributed by atoms with Crippen molar-refractivity contribution in [1.29, 1.82) is 0 Å². The van der Waals surface area contributed by atoms with Gasteiger partial charge in [0.2, 0.25) is 5.91 Å². The first-order valence-electron chi connectivity index (χ1n) is 8.96. The summed E-state index contributed by atoms with van der Waals surface area (Å²) >= 11 is 0. The fourth-order valence-corrected chi connectivity index (χ4v) is 3.16. The van der Waals surface area contributed by atoms with Crippen LogP contribution in [0.5, 0.6) is 0 Å². The van der Waals surface area contributed by atoms with Crippen molar-refractivity contribution in [2.45, 2.75) is 19.4 Å². The van der Waals surface area contributed by atoms with Crippen LogP contribution in [0.4, 0.5) is 21.7 Å². The number of aromatic nitrogens is 2. The van der Waals surface area contributed by atoms with Crippen molar-refractivity contribution in [2.24, 2.45) is 11.5 Å². The Morgan fingerprint density at radius 2 is 1.97 bits per heavy atom. The molecule has 0 radical (unpaired) electrons. The summed E-state index contributed by atoms with van der Waals surface area (Å²) in [5.74, 6) is -2.29. The third kappa shape index (κ3) is 3.93. The summed E-state index contributed by atoms with van der Waals surface area (Å²) in [6, 6.07) is 9.34. The van der Waals surface area contributed by atoms with Crippen LogP contribution in [0.25, 0.3) is 10.9 Å². The Balaban J connectivity index is 2.11. The lowest BCUT2D eigenvalue weighted by atomic mass is 10.1. The summed E-state index contributed by atoms with van der Waals surface area (Å²) in [5.41, 5.74) is 12.1. The number of primary amides is 2. The highest BCUT2D eigenvalue weighted by atomic mass is 19.1. The Labute approximate surface area is 166 Å². The minimum absolute atomic E-state index is 0.0661. The van der Waals surface area contributed by atoms with Gasteiger partial charge >= 0.3 is 0 Å². The number of benzene rings is 1. The van der Waals surface area contributed by atoms with Crippen LogP contribution in [0.3, 0.4) is 0 Å². The highest BCUT2D eigenvalue weighted by Gasteiger charge is 2.25. The number of anilines is 3. The summed E-state index contributed by atoms with van der Waals surface area (Å²) in [6.45, 7) is 1.75. The number of likely N-dealkylation sites (N-methyl/N-ethyl adjacent to an activating group) is 1. The van der Waals surface area contributed by atoms with Crippen molar-refractivity contribution in [2.75, 3.05) is 17.3 Å². The minimum atomic E-state index is -0.839. The molecule has 0 bridgehead atoms. The molecule has 0 spiro atoms. The summed E-state index contributed by atoms with van der Waals surface area (Å²) in [6.07, 6.45) is 1.97. The van der Waals surface area contributed by atoms with Gasteiger partial charge in [-0.05, 0) is 24.6 Å². The van der Waals surface area contributed by atoms with Gasteiger partial charge in [0.15, 0.2) is 11.6 Å². The fraction of sp³-hybridized carbons (Fsp3) is 0.200. The molecule has 0 aliphatic heterocycles. The molecular formula is C20H21FN6O2. The molecular weight excluding hydrogens is 375 g/mol. The van der Waals surface area contributed by atoms with E-state index in [2.05, 4.69) is 15.3 Å². The van der Waals surface area contributed by atoms with E-state index in [0.717, 1.165) is 17.0 Å². The molecule has 0 fully saturated rings. The molecule has 9 heteroatoms. The molecule has 0 saturated carbocycles. The second kappa shape index (κ2) is 8.09. The first-order valence-corrected chi connectivity index (χ1v) is 8.96. The van der Waals surface area contributed by atoms with Crippen molar-refractivity contribution < 1.29 is 14.0 Å². The molecule has 8 nitrogen and oxygen atoms in total. The standard InChI is InChI=1S/C20H21FN6O2/c1-3-16(18(23)29)27(2)20-13(21)10-12(17(22)28)19(26-20)25-15-8-9-24-14-7-5-4-6-11(14)15/h4-10,16H,3H2,1-2H3,(H2,22,28)(H2,23,29)(H,24,25,26). The Morgan fingerprint density at radius 1 is 1.24 bits per heavy atom. The predicted octanol–water partition coefficient (Wildman–Crippen LogP) is 2.31. The second-order valence-electron chi connectivity index (χ2n) is 6.49. The van der Waals surface area contributed by atoms with Gasteiger partial charge in [-0.15, -0.1) is 0 Å². The van der Waals surface area contributed by atoms with Crippen LogP contribution < -0.4 is 21.7 Å². The Kier molecular flexibility index (Phi) is 5.58. The molecule has 150 valence electrons. The van der Waals surface area contributed by atoms with E-state index in [4.69, 9.17) is 11.5 Å². The zero-order valence-electron chi connectivity index (χ0n) is 16.0. The van der Waals surface area contributed by atoms with Gasteiger partial charge in [0, 0.05) is 18.6 Å². The third-order valence-electron chi connectivity index (χ3n) is 4.64. The van der Waals surface area contributed by atoms with Crippen molar-refractivity contribution in [3.63, 3.8) is 0 Å². The van der Waals surface area contributed by atoms with Crippen LogP contribution in [-0.4, -0.2) is 34.9 Å². The molecule has 2 amide bonds. The van der Waals surface area contributed by atoms with Crippen LogP contribution in [0, 0.1) is 5.82 Å². The van der Waals surface area contributed by atoms with Crippen molar-refractivity contribution >= 4 is 40.0 Å². The smallest absolute Gasteiger partial charge is 0.252 e. The van der Waals surface area contributed by atoms with E-state index in [1.165, 1.54) is 11.9 Å². The van der Waals surface area contributed by atoms with Gasteiger partial charge in [0.05, 0.1) is 16.8 Å². The number of amides is 2. The van der Waals surface area contributed by atoms with E-state index >= 15 is 0 Å². The first kappa shape index (κ1) is 20.0. The summed E-state index contributed by atoms with van der Waals surface area (Å²) in [4.78, 5) is 33.5. The lowest BCUT2D eigenvalue weighted by Gasteiger charge is -2.26. The first-order chi connectivity index (χ1) is 13.8. The minimum Gasteiger partial charge on any atom is -0.368 e. The lowest BCUT2D eigenvalue weighted by Crippen LogP contribution is -2.43. The SMILES string of the molecule is CCC(C(N)=O)N(C)c1nc(Nc2ccnc3ccccc23)c(C(N)=O)cc1F. The number of para-hydroxylation sites is 1. The van der Waals surface area contributed by atoms with Gasteiger partial charge in [-0.1, -0.05) is 25.1 Å². The van der Waals surface area contributed by atoms with E-state index in [1.54, 1.807) is 19.2 Å². The highest BCUT2D eigenvalue weighted by molar-refractivity contribution is 6.00. The number of carbonyl (C=O) groups is 2. The van der Waals surface area contributed by atoms with Gasteiger partial charge in [-0.25, -0.2) is 9.37 Å². The topological polar surface area (TPSA) is 127 Å². The van der Waals surface area contributed by atoms with Crippen LogP contribution in [0.1, 0.15) is 23.7 Å². The maximum Gasteiger partial charge on any atom is 0.252 e. The van der Waals surface area contributed by atoms with Crippen LogP contribution in [0.2, 0.25) is 0 Å². The van der Waals surface area contributed by atoms with Crippen molar-refractivity contribution in [3.8, 4) is 0 Å². The number of nitrogens with one attached hydrogen (secondary N) is 1. The molecule has 3 aromatic rings. The molecule has 1 aromatic carbocycles. The van der Waals surface area contributed by atoms with Gasteiger partial charge in [0.1, 0.15) is 11.9 Å². The van der Waals surface area contributed by atoms with E-state index in [0.29, 0.717) is 12.1 Å². The number of fused-ring (bicyclic) bond motifs is 1. The molecule has 2 heterocycles. The van der Waals surface area contributed by atoms with Crippen LogP contribution in [-0.2, 0) is 4.79 Å². The number of hydrogen-bond acceptors (Lipinski definition) is 6. The average Bonchev–Trinajstić information content (AvgIpc) is 2.69. The molecule has 0 aliphatic carbocycles. The molecule has 5 N–H and O–H groups in total. The number of carbonyl (C=O) groups excluding carboxylic acids is 2. The van der Waals surface area contributed by atoms with Gasteiger partial charge in [-0.2, -0.15) is 0 Å². The van der Waals surface area contributed by atoms with Crippen LogP contribution >= 0.6 is 0 Å². The maximum absolute atomic E-state index is 14.7. The average molecular weight is 396 g/mol. The Hall–Kier alpha value is -3.75. The van der Waals surface area contributed by atoms with Gasteiger partial charge in [0.25, 0.3) is 5.91 Å². The molecule has 29 heavy (non-hydrogen) atoms. The maximum atomic E-state index is 14.7. The third-order valence-corrected chi connectivity index (χ3v) is 4.64. The number of nitrogens with zero attached hydrogens (tertiary/aromatic N) is 3. The quantitative estimate of drug-likeness (QED) is 0.562. The normalized spacial score (nSPS) is 11.8. The fourth-order valence-electron chi connectivity index (χ4n) is 3.16. The van der Waals surface area contributed by atoms with Crippen molar-refractivity contribution in [1.82, 2.24) is 9.97 Å². The number of halogens is 1. The molecule has 0 aliphatic rings. The summed E-state index contributed by atoms with van der Waals surface area (Å²) < 4.78 is 14.7. The zero-order valence-corrected chi connectivity index (χ0v) is 16.0. The van der Waals surface area contributed by atoms with Crippen molar-refractivity contribution in [3.05, 3.63) is 54.0 Å². The number of rotatable bonds is 7. The van der Waals surface area contributed by atoms with E-state index in [-0.39, 0.29) is 17.2 Å². The molecule has 1 atom stereocenters. The summed E-state index contributed by atoms with van der Waals surface area (Å²) in [7, 11) is 1.51. The molecule has 2 aromatic heterocycles.